The molecule has 0 radical (unpaired) electrons. The van der Waals surface area contributed by atoms with Gasteiger partial charge in [-0.05, 0) is 12.0 Å². The number of likely N-dealkylation sites (tertiary alicyclic amines) is 1. The van der Waals surface area contributed by atoms with Crippen LogP contribution in [0, 0.1) is 0 Å². The molecule has 1 aliphatic heterocycles. The fourth-order valence-electron chi connectivity index (χ4n) is 2.84. The van der Waals surface area contributed by atoms with Gasteiger partial charge in [0.1, 0.15) is 0 Å². The summed E-state index contributed by atoms with van der Waals surface area (Å²) in [4.78, 5) is 2.42. The number of nitrogens with zero attached hydrogens (tertiary/aromatic N) is 1. The molecule has 1 aliphatic rings. The summed E-state index contributed by atoms with van der Waals surface area (Å²) in [6.07, 6.45) is 1.02. The lowest BCUT2D eigenvalue weighted by atomic mass is 9.99. The van der Waals surface area contributed by atoms with Crippen molar-refractivity contribution in [1.29, 1.82) is 0 Å². The highest BCUT2D eigenvalue weighted by molar-refractivity contribution is 5.15. The van der Waals surface area contributed by atoms with Crippen molar-refractivity contribution in [2.75, 3.05) is 19.7 Å². The monoisotopic (exact) mass is 248 g/mol. The third kappa shape index (κ3) is 3.31. The Labute approximate surface area is 110 Å². The van der Waals surface area contributed by atoms with Gasteiger partial charge in [0, 0.05) is 25.7 Å². The van der Waals surface area contributed by atoms with E-state index in [4.69, 9.17) is 0 Å². The van der Waals surface area contributed by atoms with Crippen LogP contribution in [0.1, 0.15) is 25.8 Å². The van der Waals surface area contributed by atoms with E-state index in [1.165, 1.54) is 5.56 Å². The van der Waals surface area contributed by atoms with Crippen molar-refractivity contribution in [2.45, 2.75) is 38.4 Å². The van der Waals surface area contributed by atoms with Gasteiger partial charge in [-0.15, -0.1) is 0 Å². The highest BCUT2D eigenvalue weighted by Crippen LogP contribution is 2.23. The van der Waals surface area contributed by atoms with Gasteiger partial charge in [-0.1, -0.05) is 44.2 Å². The minimum Gasteiger partial charge on any atom is -0.394 e. The largest absolute Gasteiger partial charge is 0.394 e. The van der Waals surface area contributed by atoms with E-state index in [1.54, 1.807) is 0 Å². The maximum atomic E-state index is 9.66. The number of rotatable bonds is 5. The zero-order valence-electron chi connectivity index (χ0n) is 11.4. The molecular weight excluding hydrogens is 224 g/mol. The van der Waals surface area contributed by atoms with Gasteiger partial charge in [-0.2, -0.15) is 0 Å². The van der Waals surface area contributed by atoms with Crippen molar-refractivity contribution in [3.8, 4) is 0 Å². The van der Waals surface area contributed by atoms with Crippen molar-refractivity contribution >= 4 is 0 Å². The summed E-state index contributed by atoms with van der Waals surface area (Å²) in [6, 6.07) is 10.9. The molecule has 1 atom stereocenters. The molecule has 1 fully saturated rings. The quantitative estimate of drug-likeness (QED) is 0.831. The van der Waals surface area contributed by atoms with Crippen molar-refractivity contribution in [1.82, 2.24) is 10.2 Å². The SMILES string of the molecule is CC(C)NC1(CO)CCN(Cc2ccccc2)C1. The van der Waals surface area contributed by atoms with E-state index in [0.717, 1.165) is 26.1 Å². The van der Waals surface area contributed by atoms with E-state index >= 15 is 0 Å². The summed E-state index contributed by atoms with van der Waals surface area (Å²) in [7, 11) is 0. The third-order valence-corrected chi connectivity index (χ3v) is 3.58. The van der Waals surface area contributed by atoms with Gasteiger partial charge in [-0.25, -0.2) is 0 Å². The van der Waals surface area contributed by atoms with Crippen LogP contribution in [0.25, 0.3) is 0 Å². The predicted octanol–water partition coefficient (Wildman–Crippen LogP) is 1.62. The summed E-state index contributed by atoms with van der Waals surface area (Å²) >= 11 is 0. The van der Waals surface area contributed by atoms with Gasteiger partial charge in [-0.3, -0.25) is 4.90 Å². The Morgan fingerprint density at radius 2 is 2.06 bits per heavy atom. The second-order valence-corrected chi connectivity index (χ2v) is 5.68. The van der Waals surface area contributed by atoms with E-state index in [9.17, 15) is 5.11 Å². The maximum absolute atomic E-state index is 9.66. The van der Waals surface area contributed by atoms with Crippen LogP contribution < -0.4 is 5.32 Å². The molecule has 1 aromatic rings. The normalized spacial score (nSPS) is 24.9. The topological polar surface area (TPSA) is 35.5 Å². The van der Waals surface area contributed by atoms with Crippen molar-refractivity contribution in [3.05, 3.63) is 35.9 Å². The number of benzene rings is 1. The summed E-state index contributed by atoms with van der Waals surface area (Å²) in [5, 5.41) is 13.2. The highest BCUT2D eigenvalue weighted by atomic mass is 16.3. The third-order valence-electron chi connectivity index (χ3n) is 3.58. The highest BCUT2D eigenvalue weighted by Gasteiger charge is 2.37. The van der Waals surface area contributed by atoms with Crippen LogP contribution in [0.5, 0.6) is 0 Å². The van der Waals surface area contributed by atoms with Gasteiger partial charge in [0.15, 0.2) is 0 Å². The van der Waals surface area contributed by atoms with Crippen LogP contribution in [0.3, 0.4) is 0 Å². The zero-order chi connectivity index (χ0) is 13.0. The molecule has 18 heavy (non-hydrogen) atoms. The lowest BCUT2D eigenvalue weighted by Crippen LogP contribution is -2.53. The van der Waals surface area contributed by atoms with E-state index in [0.29, 0.717) is 6.04 Å². The number of aliphatic hydroxyl groups is 1. The molecule has 3 heteroatoms. The molecule has 0 aliphatic carbocycles. The number of hydrogen-bond donors (Lipinski definition) is 2. The van der Waals surface area contributed by atoms with Gasteiger partial charge in [0.2, 0.25) is 0 Å². The van der Waals surface area contributed by atoms with E-state index < -0.39 is 0 Å². The van der Waals surface area contributed by atoms with Crippen LogP contribution >= 0.6 is 0 Å². The smallest absolute Gasteiger partial charge is 0.0626 e. The average molecular weight is 248 g/mol. The molecular formula is C15H24N2O. The molecule has 1 unspecified atom stereocenters. The van der Waals surface area contributed by atoms with Gasteiger partial charge >= 0.3 is 0 Å². The van der Waals surface area contributed by atoms with Crippen LogP contribution in [0.15, 0.2) is 30.3 Å². The molecule has 2 rings (SSSR count). The van der Waals surface area contributed by atoms with Gasteiger partial charge in [0.05, 0.1) is 12.1 Å². The minimum atomic E-state index is -0.108. The Morgan fingerprint density at radius 3 is 2.67 bits per heavy atom. The molecule has 100 valence electrons. The summed E-state index contributed by atoms with van der Waals surface area (Å²) < 4.78 is 0. The lowest BCUT2D eigenvalue weighted by molar-refractivity contribution is 0.151. The van der Waals surface area contributed by atoms with Crippen molar-refractivity contribution in [3.63, 3.8) is 0 Å². The van der Waals surface area contributed by atoms with E-state index in [2.05, 4.69) is 48.3 Å². The Bertz CT molecular complexity index is 366. The first kappa shape index (κ1) is 13.5. The Balaban J connectivity index is 1.94. The van der Waals surface area contributed by atoms with Crippen LogP contribution in [-0.2, 0) is 6.54 Å². The molecule has 0 spiro atoms. The Morgan fingerprint density at radius 1 is 1.33 bits per heavy atom. The molecule has 0 saturated carbocycles. The first-order chi connectivity index (χ1) is 8.63. The molecule has 0 bridgehead atoms. The molecule has 3 nitrogen and oxygen atoms in total. The molecule has 0 amide bonds. The Kier molecular flexibility index (Phi) is 4.38. The van der Waals surface area contributed by atoms with Crippen LogP contribution in [0.4, 0.5) is 0 Å². The van der Waals surface area contributed by atoms with E-state index in [-0.39, 0.29) is 12.1 Å². The molecule has 1 saturated heterocycles. The van der Waals surface area contributed by atoms with Gasteiger partial charge in [0.25, 0.3) is 0 Å². The van der Waals surface area contributed by atoms with Gasteiger partial charge < -0.3 is 10.4 Å². The maximum Gasteiger partial charge on any atom is 0.0626 e. The van der Waals surface area contributed by atoms with Crippen molar-refractivity contribution < 1.29 is 5.11 Å². The predicted molar refractivity (Wildman–Crippen MR) is 74.4 cm³/mol. The molecule has 1 heterocycles. The fourth-order valence-corrected chi connectivity index (χ4v) is 2.84. The standard InChI is InChI=1S/C15H24N2O/c1-13(2)16-15(12-18)8-9-17(11-15)10-14-6-4-3-5-7-14/h3-7,13,16,18H,8-12H2,1-2H3. The number of aliphatic hydroxyl groups excluding tert-OH is 1. The second-order valence-electron chi connectivity index (χ2n) is 5.68. The first-order valence-corrected chi connectivity index (χ1v) is 6.78. The fraction of sp³-hybridized carbons (Fsp3) is 0.600. The second kappa shape index (κ2) is 5.83. The summed E-state index contributed by atoms with van der Waals surface area (Å²) in [5.74, 6) is 0. The zero-order valence-corrected chi connectivity index (χ0v) is 11.4. The molecule has 1 aromatic carbocycles. The summed E-state index contributed by atoms with van der Waals surface area (Å²) in [5.41, 5.74) is 1.24. The molecule has 0 aromatic heterocycles. The number of hydrogen-bond acceptors (Lipinski definition) is 3. The first-order valence-electron chi connectivity index (χ1n) is 6.78. The van der Waals surface area contributed by atoms with Crippen LogP contribution in [0.2, 0.25) is 0 Å². The van der Waals surface area contributed by atoms with Crippen molar-refractivity contribution in [2.24, 2.45) is 0 Å². The van der Waals surface area contributed by atoms with Crippen LogP contribution in [-0.4, -0.2) is 41.3 Å². The minimum absolute atomic E-state index is 0.108. The average Bonchev–Trinajstić information content (AvgIpc) is 2.73. The molecule has 2 N–H and O–H groups in total. The summed E-state index contributed by atoms with van der Waals surface area (Å²) in [6.45, 7) is 7.44. The lowest BCUT2D eigenvalue weighted by Gasteiger charge is -2.31. The van der Waals surface area contributed by atoms with E-state index in [1.807, 2.05) is 6.07 Å². The Hall–Kier alpha value is -0.900. The number of nitrogens with one attached hydrogen (secondary N) is 1.